The average molecular weight is 143 g/mol. The summed E-state index contributed by atoms with van der Waals surface area (Å²) in [6.07, 6.45) is 2.60. The van der Waals surface area contributed by atoms with E-state index in [1.807, 2.05) is 0 Å². The molecule has 1 heteroatoms. The highest BCUT2D eigenvalue weighted by Gasteiger charge is 2.09. The van der Waals surface area contributed by atoms with Gasteiger partial charge in [-0.1, -0.05) is 13.3 Å². The van der Waals surface area contributed by atoms with Gasteiger partial charge in [-0.25, -0.2) is 0 Å². The van der Waals surface area contributed by atoms with E-state index in [9.17, 15) is 0 Å². The molecular weight excluding hydrogens is 122 g/mol. The van der Waals surface area contributed by atoms with Gasteiger partial charge in [0.2, 0.25) is 0 Å². The fourth-order valence-corrected chi connectivity index (χ4v) is 1.13. The van der Waals surface area contributed by atoms with Crippen LogP contribution in [0.1, 0.15) is 40.5 Å². The van der Waals surface area contributed by atoms with E-state index in [2.05, 4.69) is 39.6 Å². The topological polar surface area (TPSA) is 3.24 Å². The minimum Gasteiger partial charge on any atom is -0.301 e. The quantitative estimate of drug-likeness (QED) is 0.584. The van der Waals surface area contributed by atoms with Crippen LogP contribution in [0.25, 0.3) is 0 Å². The zero-order valence-electron chi connectivity index (χ0n) is 8.02. The van der Waals surface area contributed by atoms with E-state index >= 15 is 0 Å². The highest BCUT2D eigenvalue weighted by atomic mass is 15.1. The second kappa shape index (κ2) is 4.73. The summed E-state index contributed by atoms with van der Waals surface area (Å²) in [7, 11) is 2.20. The van der Waals surface area contributed by atoms with Crippen molar-refractivity contribution in [3.05, 3.63) is 0 Å². The monoisotopic (exact) mass is 143 g/mol. The number of hydrogen-bond donors (Lipinski definition) is 0. The van der Waals surface area contributed by atoms with Gasteiger partial charge >= 0.3 is 0 Å². The molecular formula is C9H21N. The Hall–Kier alpha value is -0.0400. The predicted octanol–water partition coefficient (Wildman–Crippen LogP) is 2.52. The Bertz CT molecular complexity index is 78.8. The van der Waals surface area contributed by atoms with E-state index < -0.39 is 0 Å². The van der Waals surface area contributed by atoms with Gasteiger partial charge in [-0.2, -0.15) is 0 Å². The summed E-state index contributed by atoms with van der Waals surface area (Å²) in [6.45, 7) is 9.02. The van der Waals surface area contributed by atoms with Gasteiger partial charge in [-0.05, 0) is 34.2 Å². The number of rotatable bonds is 4. The number of nitrogens with zero attached hydrogens (tertiary/aromatic N) is 1. The van der Waals surface area contributed by atoms with Crippen LogP contribution in [0.2, 0.25) is 0 Å². The molecule has 0 heterocycles. The third kappa shape index (κ3) is 3.21. The molecule has 0 spiro atoms. The van der Waals surface area contributed by atoms with Gasteiger partial charge in [0.05, 0.1) is 0 Å². The van der Waals surface area contributed by atoms with Gasteiger partial charge in [0.25, 0.3) is 0 Å². The minimum atomic E-state index is 0.682. The van der Waals surface area contributed by atoms with Crippen molar-refractivity contribution in [3.8, 4) is 0 Å². The zero-order chi connectivity index (χ0) is 8.15. The average Bonchev–Trinajstić information content (AvgIpc) is 1.87. The van der Waals surface area contributed by atoms with Crippen LogP contribution in [-0.4, -0.2) is 24.0 Å². The second-order valence-corrected chi connectivity index (χ2v) is 3.40. The molecule has 0 unspecified atom stereocenters. The molecule has 0 aliphatic rings. The molecule has 0 radical (unpaired) electrons. The standard InChI is InChI=1S/C9H21N/c1-6-7-9(4)10(5)8(2)3/h8-9H,6-7H2,1-5H3/t9-/m0/s1. The molecule has 0 aromatic heterocycles. The summed E-state index contributed by atoms with van der Waals surface area (Å²) >= 11 is 0. The van der Waals surface area contributed by atoms with Crippen LogP contribution in [-0.2, 0) is 0 Å². The summed E-state index contributed by atoms with van der Waals surface area (Å²) in [5, 5.41) is 0. The summed E-state index contributed by atoms with van der Waals surface area (Å²) in [4.78, 5) is 2.42. The van der Waals surface area contributed by atoms with Gasteiger partial charge in [-0.3, -0.25) is 0 Å². The molecule has 0 saturated heterocycles. The van der Waals surface area contributed by atoms with Crippen LogP contribution >= 0.6 is 0 Å². The molecule has 0 aromatic rings. The molecule has 0 saturated carbocycles. The van der Waals surface area contributed by atoms with Crippen molar-refractivity contribution in [2.24, 2.45) is 0 Å². The largest absolute Gasteiger partial charge is 0.301 e. The first-order chi connectivity index (χ1) is 4.59. The van der Waals surface area contributed by atoms with Crippen LogP contribution < -0.4 is 0 Å². The molecule has 62 valence electrons. The lowest BCUT2D eigenvalue weighted by atomic mass is 10.1. The lowest BCUT2D eigenvalue weighted by Crippen LogP contribution is -2.34. The van der Waals surface area contributed by atoms with E-state index in [4.69, 9.17) is 0 Å². The molecule has 0 amide bonds. The first kappa shape index (κ1) is 9.96. The third-order valence-corrected chi connectivity index (χ3v) is 2.22. The molecule has 1 nitrogen and oxygen atoms in total. The van der Waals surface area contributed by atoms with Crippen LogP contribution in [0.4, 0.5) is 0 Å². The molecule has 0 bridgehead atoms. The fourth-order valence-electron chi connectivity index (χ4n) is 1.13. The minimum absolute atomic E-state index is 0.682. The second-order valence-electron chi connectivity index (χ2n) is 3.40. The smallest absolute Gasteiger partial charge is 0.00664 e. The fraction of sp³-hybridized carbons (Fsp3) is 1.00. The molecule has 0 rings (SSSR count). The van der Waals surface area contributed by atoms with Gasteiger partial charge in [0.15, 0.2) is 0 Å². The van der Waals surface area contributed by atoms with Crippen LogP contribution in [0.3, 0.4) is 0 Å². The van der Waals surface area contributed by atoms with E-state index in [1.165, 1.54) is 12.8 Å². The molecule has 10 heavy (non-hydrogen) atoms. The third-order valence-electron chi connectivity index (χ3n) is 2.22. The van der Waals surface area contributed by atoms with Crippen LogP contribution in [0.5, 0.6) is 0 Å². The van der Waals surface area contributed by atoms with Gasteiger partial charge in [0, 0.05) is 12.1 Å². The van der Waals surface area contributed by atoms with E-state index in [1.54, 1.807) is 0 Å². The highest BCUT2D eigenvalue weighted by molar-refractivity contribution is 4.65. The summed E-state index contributed by atoms with van der Waals surface area (Å²) in [5.74, 6) is 0. The molecule has 0 aromatic carbocycles. The van der Waals surface area contributed by atoms with Gasteiger partial charge in [-0.15, -0.1) is 0 Å². The molecule has 0 fully saturated rings. The van der Waals surface area contributed by atoms with Gasteiger partial charge in [0.1, 0.15) is 0 Å². The van der Waals surface area contributed by atoms with Crippen molar-refractivity contribution in [2.45, 2.75) is 52.6 Å². The Labute approximate surface area is 65.4 Å². The van der Waals surface area contributed by atoms with Gasteiger partial charge < -0.3 is 4.90 Å². The Kier molecular flexibility index (Phi) is 4.71. The maximum absolute atomic E-state index is 2.42. The Morgan fingerprint density at radius 3 is 2.00 bits per heavy atom. The first-order valence-corrected chi connectivity index (χ1v) is 4.31. The zero-order valence-corrected chi connectivity index (χ0v) is 8.02. The predicted molar refractivity (Wildman–Crippen MR) is 47.3 cm³/mol. The van der Waals surface area contributed by atoms with Crippen molar-refractivity contribution in [3.63, 3.8) is 0 Å². The van der Waals surface area contributed by atoms with Crippen molar-refractivity contribution in [1.82, 2.24) is 4.90 Å². The van der Waals surface area contributed by atoms with Crippen molar-refractivity contribution in [2.75, 3.05) is 7.05 Å². The van der Waals surface area contributed by atoms with Crippen molar-refractivity contribution in [1.29, 1.82) is 0 Å². The highest BCUT2D eigenvalue weighted by Crippen LogP contribution is 2.06. The Morgan fingerprint density at radius 2 is 1.70 bits per heavy atom. The maximum Gasteiger partial charge on any atom is 0.00664 e. The maximum atomic E-state index is 2.42. The first-order valence-electron chi connectivity index (χ1n) is 4.31. The Balaban J connectivity index is 3.58. The van der Waals surface area contributed by atoms with E-state index in [0.29, 0.717) is 6.04 Å². The lowest BCUT2D eigenvalue weighted by Gasteiger charge is -2.27. The summed E-state index contributed by atoms with van der Waals surface area (Å²) in [6, 6.07) is 1.42. The SMILES string of the molecule is CCC[C@H](C)N(C)C(C)C. The molecule has 1 atom stereocenters. The van der Waals surface area contributed by atoms with Crippen LogP contribution in [0.15, 0.2) is 0 Å². The van der Waals surface area contributed by atoms with Crippen LogP contribution in [0, 0.1) is 0 Å². The lowest BCUT2D eigenvalue weighted by molar-refractivity contribution is 0.198. The Morgan fingerprint density at radius 1 is 1.20 bits per heavy atom. The normalized spacial score (nSPS) is 14.7. The van der Waals surface area contributed by atoms with Crippen molar-refractivity contribution < 1.29 is 0 Å². The van der Waals surface area contributed by atoms with E-state index in [-0.39, 0.29) is 0 Å². The molecule has 0 aliphatic carbocycles. The summed E-state index contributed by atoms with van der Waals surface area (Å²) < 4.78 is 0. The van der Waals surface area contributed by atoms with Crippen molar-refractivity contribution >= 4 is 0 Å². The van der Waals surface area contributed by atoms with E-state index in [0.717, 1.165) is 6.04 Å². The number of hydrogen-bond acceptors (Lipinski definition) is 1. The molecule has 0 aliphatic heterocycles. The molecule has 0 N–H and O–H groups in total. The summed E-state index contributed by atoms with van der Waals surface area (Å²) in [5.41, 5.74) is 0.